The van der Waals surface area contributed by atoms with Gasteiger partial charge in [-0.15, -0.1) is 0 Å². The summed E-state index contributed by atoms with van der Waals surface area (Å²) < 4.78 is 0. The summed E-state index contributed by atoms with van der Waals surface area (Å²) in [5.41, 5.74) is 12.9. The summed E-state index contributed by atoms with van der Waals surface area (Å²) in [6.45, 7) is 0. The highest BCUT2D eigenvalue weighted by Gasteiger charge is 2.03. The minimum absolute atomic E-state index is 0.755. The molecule has 4 nitrogen and oxygen atoms in total. The van der Waals surface area contributed by atoms with Crippen LogP contribution in [-0.4, -0.2) is 9.97 Å². The van der Waals surface area contributed by atoms with Gasteiger partial charge in [-0.2, -0.15) is 0 Å². The van der Waals surface area contributed by atoms with Crippen molar-refractivity contribution in [3.63, 3.8) is 0 Å². The number of rotatable bonds is 4. The highest BCUT2D eigenvalue weighted by atomic mass is 32.2. The zero-order valence-corrected chi connectivity index (χ0v) is 13.3. The van der Waals surface area contributed by atoms with Gasteiger partial charge < -0.3 is 11.5 Å². The summed E-state index contributed by atoms with van der Waals surface area (Å²) in [6.07, 6.45) is 3.56. The van der Waals surface area contributed by atoms with E-state index in [9.17, 15) is 0 Å². The van der Waals surface area contributed by atoms with E-state index in [-0.39, 0.29) is 0 Å². The molecule has 0 bridgehead atoms. The van der Waals surface area contributed by atoms with E-state index < -0.39 is 0 Å². The average molecular weight is 326 g/mol. The molecule has 0 spiro atoms. The molecule has 0 unspecified atom stereocenters. The second-order valence-corrected chi connectivity index (χ2v) is 6.72. The molecule has 0 radical (unpaired) electrons. The van der Waals surface area contributed by atoms with E-state index in [1.54, 1.807) is 35.9 Å². The fourth-order valence-corrected chi connectivity index (χ4v) is 3.17. The van der Waals surface area contributed by atoms with Crippen molar-refractivity contribution in [2.45, 2.75) is 19.8 Å². The summed E-state index contributed by atoms with van der Waals surface area (Å²) in [4.78, 5) is 11.0. The van der Waals surface area contributed by atoms with Gasteiger partial charge >= 0.3 is 0 Å². The van der Waals surface area contributed by atoms with Gasteiger partial charge in [-0.3, -0.25) is 0 Å². The van der Waals surface area contributed by atoms with Crippen LogP contribution in [0.3, 0.4) is 0 Å². The van der Waals surface area contributed by atoms with Crippen LogP contribution in [0, 0.1) is 0 Å². The molecule has 0 saturated carbocycles. The first-order valence-electron chi connectivity index (χ1n) is 6.58. The first kappa shape index (κ1) is 14.7. The zero-order chi connectivity index (χ0) is 15.4. The lowest BCUT2D eigenvalue weighted by molar-refractivity contribution is 0.965. The lowest BCUT2D eigenvalue weighted by atomic mass is 10.3. The first-order chi connectivity index (χ1) is 10.7. The molecule has 0 aliphatic heterocycles. The molecule has 0 atom stereocenters. The number of nitrogen functional groups attached to an aromatic ring is 2. The van der Waals surface area contributed by atoms with Gasteiger partial charge in [0.15, 0.2) is 0 Å². The summed E-state index contributed by atoms with van der Waals surface area (Å²) in [7, 11) is 0. The van der Waals surface area contributed by atoms with Gasteiger partial charge in [-0.1, -0.05) is 23.5 Å². The van der Waals surface area contributed by atoms with E-state index in [0.717, 1.165) is 31.2 Å². The molecule has 110 valence electrons. The Hall–Kier alpha value is -2.18. The molecular formula is C16H14N4S2. The fraction of sp³-hybridized carbons (Fsp3) is 0. The van der Waals surface area contributed by atoms with Crippen LogP contribution in [0.2, 0.25) is 0 Å². The molecule has 1 aromatic heterocycles. The monoisotopic (exact) mass is 326 g/mol. The van der Waals surface area contributed by atoms with Crippen molar-refractivity contribution in [3.8, 4) is 0 Å². The standard InChI is InChI=1S/C16H14N4S2/c17-11-1-5-13(6-2-11)21-15-9-20-16(10-19-15)22-14-7-3-12(18)4-8-14/h1-10H,17-18H2. The fourth-order valence-electron chi connectivity index (χ4n) is 1.72. The van der Waals surface area contributed by atoms with Crippen molar-refractivity contribution >= 4 is 34.9 Å². The molecule has 0 fully saturated rings. The highest BCUT2D eigenvalue weighted by molar-refractivity contribution is 7.99. The van der Waals surface area contributed by atoms with Crippen LogP contribution in [-0.2, 0) is 0 Å². The normalized spacial score (nSPS) is 10.5. The van der Waals surface area contributed by atoms with Crippen LogP contribution >= 0.6 is 23.5 Å². The molecule has 3 rings (SSSR count). The van der Waals surface area contributed by atoms with Crippen molar-refractivity contribution < 1.29 is 0 Å². The van der Waals surface area contributed by atoms with Crippen LogP contribution in [0.4, 0.5) is 11.4 Å². The van der Waals surface area contributed by atoms with Gasteiger partial charge in [-0.05, 0) is 48.5 Å². The van der Waals surface area contributed by atoms with Gasteiger partial charge in [0.25, 0.3) is 0 Å². The minimum Gasteiger partial charge on any atom is -0.399 e. The third-order valence-corrected chi connectivity index (χ3v) is 4.67. The molecule has 2 aromatic carbocycles. The van der Waals surface area contributed by atoms with Gasteiger partial charge in [-0.25, -0.2) is 9.97 Å². The molecular weight excluding hydrogens is 312 g/mol. The molecule has 6 heteroatoms. The minimum atomic E-state index is 0.755. The lowest BCUT2D eigenvalue weighted by Gasteiger charge is -2.03. The summed E-state index contributed by atoms with van der Waals surface area (Å²) >= 11 is 3.12. The maximum Gasteiger partial charge on any atom is 0.119 e. The Kier molecular flexibility index (Phi) is 4.50. The Labute approximate surface area is 137 Å². The van der Waals surface area contributed by atoms with Crippen LogP contribution in [0.5, 0.6) is 0 Å². The summed E-state index contributed by atoms with van der Waals surface area (Å²) in [5, 5.41) is 1.71. The van der Waals surface area contributed by atoms with E-state index in [1.807, 2.05) is 48.5 Å². The number of nitrogens with zero attached hydrogens (tertiary/aromatic N) is 2. The van der Waals surface area contributed by atoms with E-state index in [2.05, 4.69) is 9.97 Å². The SMILES string of the molecule is Nc1ccc(Sc2cnc(Sc3ccc(N)cc3)cn2)cc1. The number of hydrogen-bond acceptors (Lipinski definition) is 6. The smallest absolute Gasteiger partial charge is 0.119 e. The topological polar surface area (TPSA) is 77.8 Å². The zero-order valence-electron chi connectivity index (χ0n) is 11.6. The van der Waals surface area contributed by atoms with Crippen LogP contribution in [0.15, 0.2) is 80.8 Å². The largest absolute Gasteiger partial charge is 0.399 e. The van der Waals surface area contributed by atoms with Crippen LogP contribution < -0.4 is 11.5 Å². The Morgan fingerprint density at radius 3 is 1.27 bits per heavy atom. The number of aromatic nitrogens is 2. The molecule has 3 aromatic rings. The number of nitrogens with two attached hydrogens (primary N) is 2. The van der Waals surface area contributed by atoms with Gasteiger partial charge in [0.2, 0.25) is 0 Å². The van der Waals surface area contributed by atoms with E-state index in [1.165, 1.54) is 0 Å². The summed E-state index contributed by atoms with van der Waals surface area (Å²) in [5.74, 6) is 0. The number of benzene rings is 2. The first-order valence-corrected chi connectivity index (χ1v) is 8.21. The number of anilines is 2. The van der Waals surface area contributed by atoms with Gasteiger partial charge in [0.1, 0.15) is 10.1 Å². The molecule has 0 aliphatic rings. The van der Waals surface area contributed by atoms with Crippen molar-refractivity contribution in [3.05, 3.63) is 60.9 Å². The quantitative estimate of drug-likeness (QED) is 0.707. The van der Waals surface area contributed by atoms with E-state index >= 15 is 0 Å². The Balaban J connectivity index is 1.67. The van der Waals surface area contributed by atoms with Gasteiger partial charge in [0, 0.05) is 21.2 Å². The predicted octanol–water partition coefficient (Wildman–Crippen LogP) is 3.94. The van der Waals surface area contributed by atoms with Crippen LogP contribution in [0.25, 0.3) is 0 Å². The molecule has 4 N–H and O–H groups in total. The van der Waals surface area contributed by atoms with Gasteiger partial charge in [0.05, 0.1) is 12.4 Å². The predicted molar refractivity (Wildman–Crippen MR) is 92.0 cm³/mol. The van der Waals surface area contributed by atoms with Crippen molar-refractivity contribution in [2.24, 2.45) is 0 Å². The second kappa shape index (κ2) is 6.72. The summed E-state index contributed by atoms with van der Waals surface area (Å²) in [6, 6.07) is 15.4. The lowest BCUT2D eigenvalue weighted by Crippen LogP contribution is -1.87. The Morgan fingerprint density at radius 2 is 0.955 bits per heavy atom. The molecule has 0 saturated heterocycles. The van der Waals surface area contributed by atoms with Crippen molar-refractivity contribution in [1.29, 1.82) is 0 Å². The van der Waals surface area contributed by atoms with E-state index in [0.29, 0.717) is 0 Å². The number of hydrogen-bond donors (Lipinski definition) is 2. The van der Waals surface area contributed by atoms with E-state index in [4.69, 9.17) is 11.5 Å². The van der Waals surface area contributed by atoms with Crippen LogP contribution in [0.1, 0.15) is 0 Å². The molecule has 0 amide bonds. The molecule has 0 aliphatic carbocycles. The maximum absolute atomic E-state index is 5.67. The third-order valence-electron chi connectivity index (χ3n) is 2.81. The molecule has 22 heavy (non-hydrogen) atoms. The Bertz CT molecular complexity index is 674. The van der Waals surface area contributed by atoms with Crippen molar-refractivity contribution in [2.75, 3.05) is 11.5 Å². The molecule has 1 heterocycles. The Morgan fingerprint density at radius 1 is 0.591 bits per heavy atom. The van der Waals surface area contributed by atoms with Crippen molar-refractivity contribution in [1.82, 2.24) is 9.97 Å². The third kappa shape index (κ3) is 3.93. The highest BCUT2D eigenvalue weighted by Crippen LogP contribution is 2.29. The average Bonchev–Trinajstić information content (AvgIpc) is 2.54. The second-order valence-electron chi connectivity index (χ2n) is 4.54. The maximum atomic E-state index is 5.67.